The van der Waals surface area contributed by atoms with Crippen molar-refractivity contribution in [1.29, 1.82) is 0 Å². The summed E-state index contributed by atoms with van der Waals surface area (Å²) in [6.07, 6.45) is 0.106. The molecule has 0 aliphatic rings. The molecule has 2 aromatic rings. The van der Waals surface area contributed by atoms with E-state index in [0.717, 1.165) is 17.1 Å². The minimum Gasteiger partial charge on any atom is -0.495 e. The van der Waals surface area contributed by atoms with E-state index >= 15 is 0 Å². The zero-order chi connectivity index (χ0) is 17.4. The molecule has 1 amide bonds. The van der Waals surface area contributed by atoms with Crippen LogP contribution in [0.25, 0.3) is 0 Å². The molecule has 0 saturated carbocycles. The third-order valence-corrected chi connectivity index (χ3v) is 3.16. The van der Waals surface area contributed by atoms with Gasteiger partial charge in [-0.25, -0.2) is 0 Å². The highest BCUT2D eigenvalue weighted by atomic mass is 16.5. The van der Waals surface area contributed by atoms with Gasteiger partial charge in [-0.05, 0) is 50.2 Å². The summed E-state index contributed by atoms with van der Waals surface area (Å²) in [6, 6.07) is 14.6. The molecule has 4 nitrogen and oxygen atoms in total. The van der Waals surface area contributed by atoms with E-state index in [1.807, 2.05) is 38.1 Å². The Kier molecular flexibility index (Phi) is 6.27. The molecule has 0 heterocycles. The molecule has 0 unspecified atom stereocenters. The van der Waals surface area contributed by atoms with Gasteiger partial charge < -0.3 is 14.8 Å². The number of hydrogen-bond acceptors (Lipinski definition) is 3. The van der Waals surface area contributed by atoms with Gasteiger partial charge in [0.1, 0.15) is 11.5 Å². The highest BCUT2D eigenvalue weighted by Gasteiger charge is 2.05. The fraction of sp³-hybridized carbons (Fsp3) is 0.250. The molecule has 4 heteroatoms. The predicted octanol–water partition coefficient (Wildman–Crippen LogP) is 3.26. The van der Waals surface area contributed by atoms with Gasteiger partial charge in [-0.1, -0.05) is 24.0 Å². The first kappa shape index (κ1) is 17.4. The largest absolute Gasteiger partial charge is 0.495 e. The Hall–Kier alpha value is -2.93. The van der Waals surface area contributed by atoms with Crippen LogP contribution in [0.4, 0.5) is 0 Å². The van der Waals surface area contributed by atoms with Crippen molar-refractivity contribution in [3.63, 3.8) is 0 Å². The van der Waals surface area contributed by atoms with Crippen molar-refractivity contribution in [2.24, 2.45) is 0 Å². The second kappa shape index (κ2) is 8.64. The quantitative estimate of drug-likeness (QED) is 0.859. The van der Waals surface area contributed by atoms with Crippen LogP contribution in [0.1, 0.15) is 29.8 Å². The van der Waals surface area contributed by atoms with Crippen molar-refractivity contribution in [2.75, 3.05) is 13.7 Å². The maximum atomic E-state index is 12.1. The van der Waals surface area contributed by atoms with Gasteiger partial charge in [0.25, 0.3) is 5.91 Å². The number of carbonyl (C=O) groups excluding carboxylic acids is 1. The normalized spacial score (nSPS) is 9.83. The van der Waals surface area contributed by atoms with Crippen LogP contribution in [0.15, 0.2) is 48.5 Å². The molecule has 124 valence electrons. The molecule has 0 aliphatic heterocycles. The highest BCUT2D eigenvalue weighted by molar-refractivity contribution is 5.94. The first-order valence-electron chi connectivity index (χ1n) is 7.77. The first-order valence-corrected chi connectivity index (χ1v) is 7.77. The van der Waals surface area contributed by atoms with Crippen LogP contribution in [0.3, 0.4) is 0 Å². The maximum Gasteiger partial charge on any atom is 0.252 e. The third-order valence-electron chi connectivity index (χ3n) is 3.16. The van der Waals surface area contributed by atoms with E-state index in [-0.39, 0.29) is 18.6 Å². The molecule has 0 fully saturated rings. The molecular weight excluding hydrogens is 302 g/mol. The Bertz CT molecular complexity index is 739. The Morgan fingerprint density at radius 1 is 1.12 bits per heavy atom. The lowest BCUT2D eigenvalue weighted by molar-refractivity contribution is 0.0958. The van der Waals surface area contributed by atoms with Crippen molar-refractivity contribution in [1.82, 2.24) is 5.32 Å². The second-order valence-corrected chi connectivity index (χ2v) is 5.38. The summed E-state index contributed by atoms with van der Waals surface area (Å²) in [7, 11) is 1.61. The van der Waals surface area contributed by atoms with Crippen LogP contribution < -0.4 is 14.8 Å². The topological polar surface area (TPSA) is 47.6 Å². The molecule has 0 aliphatic carbocycles. The average molecular weight is 323 g/mol. The van der Waals surface area contributed by atoms with Crippen molar-refractivity contribution in [2.45, 2.75) is 20.0 Å². The number of para-hydroxylation sites is 1. The van der Waals surface area contributed by atoms with Gasteiger partial charge >= 0.3 is 0 Å². The zero-order valence-corrected chi connectivity index (χ0v) is 14.1. The Morgan fingerprint density at radius 3 is 2.50 bits per heavy atom. The fourth-order valence-corrected chi connectivity index (χ4v) is 2.07. The summed E-state index contributed by atoms with van der Waals surface area (Å²) in [5, 5.41) is 2.77. The van der Waals surface area contributed by atoms with E-state index < -0.39 is 0 Å². The number of amides is 1. The molecule has 0 spiro atoms. The number of carbonyl (C=O) groups is 1. The van der Waals surface area contributed by atoms with Crippen LogP contribution in [0, 0.1) is 11.8 Å². The molecule has 24 heavy (non-hydrogen) atoms. The molecule has 2 rings (SSSR count). The molecule has 0 saturated heterocycles. The number of benzene rings is 2. The summed E-state index contributed by atoms with van der Waals surface area (Å²) < 4.78 is 10.8. The number of methoxy groups -OCH3 is 1. The lowest BCUT2D eigenvalue weighted by Gasteiger charge is -2.09. The summed E-state index contributed by atoms with van der Waals surface area (Å²) in [4.78, 5) is 12.1. The van der Waals surface area contributed by atoms with Crippen LogP contribution in [-0.2, 0) is 0 Å². The highest BCUT2D eigenvalue weighted by Crippen LogP contribution is 2.15. The Balaban J connectivity index is 1.91. The Labute approximate surface area is 142 Å². The Morgan fingerprint density at radius 2 is 1.83 bits per heavy atom. The van der Waals surface area contributed by atoms with E-state index in [4.69, 9.17) is 9.47 Å². The van der Waals surface area contributed by atoms with Crippen molar-refractivity contribution < 1.29 is 14.3 Å². The summed E-state index contributed by atoms with van der Waals surface area (Å²) in [6.45, 7) is 4.18. The van der Waals surface area contributed by atoms with Crippen LogP contribution in [0.2, 0.25) is 0 Å². The molecule has 0 bridgehead atoms. The molecule has 2 aromatic carbocycles. The van der Waals surface area contributed by atoms with Crippen LogP contribution in [-0.4, -0.2) is 25.7 Å². The van der Waals surface area contributed by atoms with E-state index in [2.05, 4.69) is 17.2 Å². The molecule has 0 radical (unpaired) electrons. The van der Waals surface area contributed by atoms with E-state index in [1.54, 1.807) is 31.4 Å². The molecular formula is C20H21NO3. The number of nitrogens with one attached hydrogen (secondary N) is 1. The smallest absolute Gasteiger partial charge is 0.252 e. The van der Waals surface area contributed by atoms with Gasteiger partial charge in [-0.2, -0.15) is 0 Å². The van der Waals surface area contributed by atoms with Gasteiger partial charge in [0.2, 0.25) is 0 Å². The molecule has 1 N–H and O–H groups in total. The van der Waals surface area contributed by atoms with E-state index in [9.17, 15) is 4.79 Å². The number of rotatable bonds is 5. The van der Waals surface area contributed by atoms with Crippen LogP contribution in [0.5, 0.6) is 11.5 Å². The van der Waals surface area contributed by atoms with Gasteiger partial charge in [-0.15, -0.1) is 0 Å². The molecule has 0 aromatic heterocycles. The lowest BCUT2D eigenvalue weighted by atomic mass is 10.2. The van der Waals surface area contributed by atoms with Crippen molar-refractivity contribution in [3.05, 3.63) is 59.7 Å². The summed E-state index contributed by atoms with van der Waals surface area (Å²) in [5.74, 6) is 7.22. The summed E-state index contributed by atoms with van der Waals surface area (Å²) >= 11 is 0. The number of ether oxygens (including phenoxy) is 2. The predicted molar refractivity (Wildman–Crippen MR) is 94.4 cm³/mol. The summed E-state index contributed by atoms with van der Waals surface area (Å²) in [5.41, 5.74) is 1.37. The van der Waals surface area contributed by atoms with E-state index in [0.29, 0.717) is 5.56 Å². The lowest BCUT2D eigenvalue weighted by Crippen LogP contribution is -2.23. The standard InChI is InChI=1S/C20H21NO3/c1-15(2)24-18-12-10-17(11-13-18)20(22)21-14-6-8-16-7-4-5-9-19(16)23-3/h4-5,7,9-13,15H,14H2,1-3H3,(H,21,22). The van der Waals surface area contributed by atoms with Crippen molar-refractivity contribution in [3.8, 4) is 23.3 Å². The van der Waals surface area contributed by atoms with Crippen LogP contribution >= 0.6 is 0 Å². The minimum atomic E-state index is -0.166. The van der Waals surface area contributed by atoms with Crippen molar-refractivity contribution >= 4 is 5.91 Å². The minimum absolute atomic E-state index is 0.106. The SMILES string of the molecule is COc1ccccc1C#CCNC(=O)c1ccc(OC(C)C)cc1. The van der Waals surface area contributed by atoms with E-state index in [1.165, 1.54) is 0 Å². The van der Waals surface area contributed by atoms with Gasteiger partial charge in [0.05, 0.1) is 25.3 Å². The van der Waals surface area contributed by atoms with Gasteiger partial charge in [-0.3, -0.25) is 4.79 Å². The zero-order valence-electron chi connectivity index (χ0n) is 14.1. The van der Waals surface area contributed by atoms with Gasteiger partial charge in [0, 0.05) is 5.56 Å². The monoisotopic (exact) mass is 323 g/mol. The number of hydrogen-bond donors (Lipinski definition) is 1. The average Bonchev–Trinajstić information content (AvgIpc) is 2.59. The molecule has 0 atom stereocenters. The fourth-order valence-electron chi connectivity index (χ4n) is 2.07. The van der Waals surface area contributed by atoms with Gasteiger partial charge in [0.15, 0.2) is 0 Å². The maximum absolute atomic E-state index is 12.1. The first-order chi connectivity index (χ1) is 11.6. The second-order valence-electron chi connectivity index (χ2n) is 5.38. The third kappa shape index (κ3) is 5.06.